The summed E-state index contributed by atoms with van der Waals surface area (Å²) in [6.45, 7) is 1.10. The maximum atomic E-state index is 13.9. The molecule has 0 bridgehead atoms. The second-order valence-corrected chi connectivity index (χ2v) is 6.20. The van der Waals surface area contributed by atoms with E-state index in [1.807, 2.05) is 0 Å². The zero-order chi connectivity index (χ0) is 14.0. The Balaban J connectivity index is 2.28. The number of carbonyl (C=O) groups is 1. The summed E-state index contributed by atoms with van der Waals surface area (Å²) in [5.41, 5.74) is 0.305. The lowest BCUT2D eigenvalue weighted by Crippen LogP contribution is -2.36. The molecule has 0 aliphatic carbocycles. The summed E-state index contributed by atoms with van der Waals surface area (Å²) < 4.78 is 36.2. The fourth-order valence-corrected chi connectivity index (χ4v) is 2.79. The number of sulfonamides is 1. The van der Waals surface area contributed by atoms with Crippen molar-refractivity contribution in [2.45, 2.75) is 17.7 Å². The van der Waals surface area contributed by atoms with Gasteiger partial charge in [-0.15, -0.1) is 0 Å². The molecular formula is C12H15FN2O3S. The highest BCUT2D eigenvalue weighted by atomic mass is 32.2. The Morgan fingerprint density at radius 1 is 1.42 bits per heavy atom. The van der Waals surface area contributed by atoms with Crippen LogP contribution in [0.25, 0.3) is 0 Å². The van der Waals surface area contributed by atoms with Crippen molar-refractivity contribution in [2.24, 2.45) is 11.1 Å². The van der Waals surface area contributed by atoms with Crippen LogP contribution in [0.4, 0.5) is 10.1 Å². The predicted molar refractivity (Wildman–Crippen MR) is 68.8 cm³/mol. The molecule has 1 aromatic carbocycles. The number of hydrogen-bond acceptors (Lipinski definition) is 4. The van der Waals surface area contributed by atoms with Gasteiger partial charge in [0.05, 0.1) is 10.6 Å². The van der Waals surface area contributed by atoms with E-state index in [9.17, 15) is 17.6 Å². The molecule has 2 N–H and O–H groups in total. The van der Waals surface area contributed by atoms with Crippen molar-refractivity contribution in [1.29, 1.82) is 0 Å². The van der Waals surface area contributed by atoms with E-state index in [4.69, 9.17) is 5.14 Å². The summed E-state index contributed by atoms with van der Waals surface area (Å²) in [7, 11) is -3.90. The molecule has 5 nitrogen and oxygen atoms in total. The number of nitrogens with two attached hydrogens (primary N) is 1. The van der Waals surface area contributed by atoms with Crippen LogP contribution in [-0.4, -0.2) is 27.8 Å². The number of benzene rings is 1. The smallest absolute Gasteiger partial charge is 0.238 e. The number of nitrogens with zero attached hydrogens (tertiary/aromatic N) is 1. The van der Waals surface area contributed by atoms with Crippen LogP contribution in [0.5, 0.6) is 0 Å². The molecule has 1 aromatic rings. The van der Waals surface area contributed by atoms with E-state index in [0.717, 1.165) is 25.2 Å². The molecule has 1 aliphatic rings. The van der Waals surface area contributed by atoms with Crippen LogP contribution in [0.1, 0.15) is 12.8 Å². The Kier molecular flexibility index (Phi) is 3.86. The summed E-state index contributed by atoms with van der Waals surface area (Å²) >= 11 is 0. The molecule has 19 heavy (non-hydrogen) atoms. The molecule has 0 spiro atoms. The topological polar surface area (TPSA) is 80.5 Å². The van der Waals surface area contributed by atoms with Crippen LogP contribution in [0.15, 0.2) is 23.1 Å². The van der Waals surface area contributed by atoms with E-state index in [-0.39, 0.29) is 10.8 Å². The molecule has 1 saturated heterocycles. The highest BCUT2D eigenvalue weighted by molar-refractivity contribution is 7.89. The first kappa shape index (κ1) is 14.0. The van der Waals surface area contributed by atoms with Gasteiger partial charge in [0.2, 0.25) is 10.0 Å². The second-order valence-electron chi connectivity index (χ2n) is 4.64. The van der Waals surface area contributed by atoms with Crippen LogP contribution in [0.2, 0.25) is 0 Å². The van der Waals surface area contributed by atoms with Gasteiger partial charge in [-0.05, 0) is 31.0 Å². The normalized spacial score (nSPS) is 20.3. The van der Waals surface area contributed by atoms with E-state index in [0.29, 0.717) is 18.8 Å². The van der Waals surface area contributed by atoms with Crippen molar-refractivity contribution in [1.82, 2.24) is 0 Å². The first-order chi connectivity index (χ1) is 8.91. The quantitative estimate of drug-likeness (QED) is 0.837. The molecule has 104 valence electrons. The highest BCUT2D eigenvalue weighted by Crippen LogP contribution is 2.26. The van der Waals surface area contributed by atoms with Gasteiger partial charge in [-0.25, -0.2) is 17.9 Å². The molecule has 0 aromatic heterocycles. The van der Waals surface area contributed by atoms with E-state index in [2.05, 4.69) is 0 Å². The van der Waals surface area contributed by atoms with Crippen LogP contribution < -0.4 is 10.0 Å². The first-order valence-electron chi connectivity index (χ1n) is 5.94. The molecule has 1 unspecified atom stereocenters. The third-order valence-corrected chi connectivity index (χ3v) is 4.15. The van der Waals surface area contributed by atoms with Gasteiger partial charge in [-0.2, -0.15) is 0 Å². The maximum absolute atomic E-state index is 13.9. The summed E-state index contributed by atoms with van der Waals surface area (Å²) in [5, 5.41) is 4.94. The number of hydrogen-bond donors (Lipinski definition) is 1. The predicted octanol–water partition coefficient (Wildman–Crippen LogP) is 0.888. The summed E-state index contributed by atoms with van der Waals surface area (Å²) in [6, 6.07) is 3.58. The number of aldehydes is 1. The average molecular weight is 286 g/mol. The van der Waals surface area contributed by atoms with Crippen molar-refractivity contribution in [3.05, 3.63) is 24.0 Å². The lowest BCUT2D eigenvalue weighted by Gasteiger charge is -2.32. The van der Waals surface area contributed by atoms with Crippen LogP contribution in [0, 0.1) is 11.7 Å². The number of primary sulfonamides is 1. The molecule has 0 amide bonds. The number of anilines is 1. The summed E-state index contributed by atoms with van der Waals surface area (Å²) in [6.07, 6.45) is 2.49. The Labute approximate surface area is 111 Å². The van der Waals surface area contributed by atoms with Crippen LogP contribution in [0.3, 0.4) is 0 Å². The van der Waals surface area contributed by atoms with Crippen molar-refractivity contribution >= 4 is 22.0 Å². The van der Waals surface area contributed by atoms with Crippen LogP contribution in [-0.2, 0) is 14.8 Å². The standard InChI is InChI=1S/C12H15FN2O3S/c13-11-6-10(19(14,17)18)3-4-12(11)15-5-1-2-9(7-15)8-16/h3-4,6,8-9H,1-2,5,7H2,(H2,14,17,18). The van der Waals surface area contributed by atoms with Gasteiger partial charge in [0.1, 0.15) is 12.1 Å². The Morgan fingerprint density at radius 2 is 2.16 bits per heavy atom. The third-order valence-electron chi connectivity index (χ3n) is 3.24. The van der Waals surface area contributed by atoms with Crippen molar-refractivity contribution in [3.63, 3.8) is 0 Å². The van der Waals surface area contributed by atoms with Gasteiger partial charge in [0.25, 0.3) is 0 Å². The Hall–Kier alpha value is -1.47. The zero-order valence-corrected chi connectivity index (χ0v) is 11.1. The monoisotopic (exact) mass is 286 g/mol. The average Bonchev–Trinajstić information content (AvgIpc) is 2.37. The molecule has 1 heterocycles. The van der Waals surface area contributed by atoms with Gasteiger partial charge in [-0.1, -0.05) is 0 Å². The number of halogens is 1. The highest BCUT2D eigenvalue weighted by Gasteiger charge is 2.22. The number of rotatable bonds is 3. The Morgan fingerprint density at radius 3 is 2.74 bits per heavy atom. The lowest BCUT2D eigenvalue weighted by molar-refractivity contribution is -0.111. The maximum Gasteiger partial charge on any atom is 0.238 e. The molecule has 0 saturated carbocycles. The van der Waals surface area contributed by atoms with E-state index >= 15 is 0 Å². The van der Waals surface area contributed by atoms with Gasteiger partial charge in [0.15, 0.2) is 0 Å². The second kappa shape index (κ2) is 5.26. The number of carbonyl (C=O) groups excluding carboxylic acids is 1. The molecule has 7 heteroatoms. The molecule has 1 fully saturated rings. The minimum Gasteiger partial charge on any atom is -0.368 e. The van der Waals surface area contributed by atoms with E-state index in [1.165, 1.54) is 12.1 Å². The molecule has 0 radical (unpaired) electrons. The van der Waals surface area contributed by atoms with Gasteiger partial charge >= 0.3 is 0 Å². The fraction of sp³-hybridized carbons (Fsp3) is 0.417. The minimum atomic E-state index is -3.90. The van der Waals surface area contributed by atoms with E-state index < -0.39 is 15.8 Å². The zero-order valence-electron chi connectivity index (χ0n) is 10.3. The van der Waals surface area contributed by atoms with Crippen molar-refractivity contribution < 1.29 is 17.6 Å². The largest absolute Gasteiger partial charge is 0.368 e. The van der Waals surface area contributed by atoms with Gasteiger partial charge in [0, 0.05) is 19.0 Å². The first-order valence-corrected chi connectivity index (χ1v) is 7.49. The van der Waals surface area contributed by atoms with Crippen molar-refractivity contribution in [2.75, 3.05) is 18.0 Å². The van der Waals surface area contributed by atoms with E-state index in [1.54, 1.807) is 4.90 Å². The molecular weight excluding hydrogens is 271 g/mol. The van der Waals surface area contributed by atoms with Crippen LogP contribution >= 0.6 is 0 Å². The van der Waals surface area contributed by atoms with Gasteiger partial charge in [-0.3, -0.25) is 0 Å². The molecule has 2 rings (SSSR count). The summed E-state index contributed by atoms with van der Waals surface area (Å²) in [5.74, 6) is -0.746. The molecule has 1 aliphatic heterocycles. The third kappa shape index (κ3) is 3.10. The summed E-state index contributed by atoms with van der Waals surface area (Å²) in [4.78, 5) is 12.3. The fourth-order valence-electron chi connectivity index (χ4n) is 2.26. The number of piperidine rings is 1. The van der Waals surface area contributed by atoms with Crippen molar-refractivity contribution in [3.8, 4) is 0 Å². The lowest BCUT2D eigenvalue weighted by atomic mass is 9.99. The molecule has 1 atom stereocenters. The SMILES string of the molecule is NS(=O)(=O)c1ccc(N2CCCC(C=O)C2)c(F)c1. The van der Waals surface area contributed by atoms with Gasteiger partial charge < -0.3 is 9.69 Å². The Bertz CT molecular complexity index is 589. The minimum absolute atomic E-state index is 0.105.